The highest BCUT2D eigenvalue weighted by molar-refractivity contribution is 9.10. The summed E-state index contributed by atoms with van der Waals surface area (Å²) in [5, 5.41) is 14.6. The van der Waals surface area contributed by atoms with E-state index in [1.807, 2.05) is 0 Å². The summed E-state index contributed by atoms with van der Waals surface area (Å²) < 4.78 is 2.37. The number of pyridine rings is 1. The van der Waals surface area contributed by atoms with Crippen molar-refractivity contribution in [1.82, 2.24) is 9.88 Å². The molecule has 0 radical (unpaired) electrons. The quantitative estimate of drug-likeness (QED) is 0.785. The van der Waals surface area contributed by atoms with Crippen LogP contribution in [-0.4, -0.2) is 27.9 Å². The Bertz CT molecular complexity index is 550. The first-order valence-corrected chi connectivity index (χ1v) is 7.37. The van der Waals surface area contributed by atoms with Gasteiger partial charge < -0.3 is 20.3 Å². The number of carboxylic acid groups (broad SMARTS) is 1. The second-order valence-electron chi connectivity index (χ2n) is 5.13. The van der Waals surface area contributed by atoms with Gasteiger partial charge in [-0.25, -0.2) is 4.79 Å². The van der Waals surface area contributed by atoms with Gasteiger partial charge in [-0.2, -0.15) is 0 Å². The summed E-state index contributed by atoms with van der Waals surface area (Å²) in [6.45, 7) is 0. The van der Waals surface area contributed by atoms with E-state index in [9.17, 15) is 9.59 Å². The first-order valence-electron chi connectivity index (χ1n) is 6.58. The zero-order valence-corrected chi connectivity index (χ0v) is 12.8. The topological polar surface area (TPSA) is 83.4 Å². The Labute approximate surface area is 125 Å². The van der Waals surface area contributed by atoms with Crippen molar-refractivity contribution in [2.24, 2.45) is 7.05 Å². The van der Waals surface area contributed by atoms with E-state index in [2.05, 4.69) is 26.6 Å². The molecule has 20 heavy (non-hydrogen) atoms. The predicted molar refractivity (Wildman–Crippen MR) is 80.2 cm³/mol. The number of halogens is 1. The van der Waals surface area contributed by atoms with Gasteiger partial charge in [0, 0.05) is 31.4 Å². The second kappa shape index (κ2) is 6.30. The molecule has 1 aliphatic rings. The number of aromatic nitrogens is 1. The highest BCUT2D eigenvalue weighted by Gasteiger charge is 2.22. The van der Waals surface area contributed by atoms with Crippen LogP contribution in [0.1, 0.15) is 25.7 Å². The van der Waals surface area contributed by atoms with Crippen LogP contribution >= 0.6 is 15.9 Å². The second-order valence-corrected chi connectivity index (χ2v) is 5.98. The lowest BCUT2D eigenvalue weighted by atomic mass is 9.91. The number of anilines is 1. The largest absolute Gasteiger partial charge is 0.465 e. The SMILES string of the molecule is Cn1cc(Br)c(NC2CCC(NC(=O)O)CC2)cc1=O. The normalized spacial score (nSPS) is 22.3. The van der Waals surface area contributed by atoms with Crippen molar-refractivity contribution in [2.75, 3.05) is 5.32 Å². The highest BCUT2D eigenvalue weighted by atomic mass is 79.9. The lowest BCUT2D eigenvalue weighted by molar-refractivity contribution is 0.185. The molecule has 0 saturated heterocycles. The van der Waals surface area contributed by atoms with Crippen LogP contribution in [0.2, 0.25) is 0 Å². The minimum atomic E-state index is -0.962. The number of hydrogen-bond acceptors (Lipinski definition) is 3. The molecule has 1 aromatic heterocycles. The van der Waals surface area contributed by atoms with Crippen molar-refractivity contribution < 1.29 is 9.90 Å². The Hall–Kier alpha value is -1.50. The summed E-state index contributed by atoms with van der Waals surface area (Å²) in [5.74, 6) is 0. The number of amides is 1. The molecule has 0 bridgehead atoms. The van der Waals surface area contributed by atoms with Gasteiger partial charge in [0.2, 0.25) is 0 Å². The number of nitrogens with one attached hydrogen (secondary N) is 2. The van der Waals surface area contributed by atoms with Gasteiger partial charge in [0.25, 0.3) is 5.56 Å². The fourth-order valence-corrected chi connectivity index (χ4v) is 3.02. The fourth-order valence-electron chi connectivity index (χ4n) is 2.48. The van der Waals surface area contributed by atoms with Crippen molar-refractivity contribution in [3.8, 4) is 0 Å². The maximum absolute atomic E-state index is 11.6. The lowest BCUT2D eigenvalue weighted by Gasteiger charge is -2.29. The molecule has 6 nitrogen and oxygen atoms in total. The summed E-state index contributed by atoms with van der Waals surface area (Å²) in [7, 11) is 1.71. The summed E-state index contributed by atoms with van der Waals surface area (Å²) in [4.78, 5) is 22.2. The molecule has 1 saturated carbocycles. The number of hydrogen-bond donors (Lipinski definition) is 3. The standard InChI is InChI=1S/C13H18BrN3O3/c1-17-7-10(14)11(6-12(17)18)15-8-2-4-9(5-3-8)16-13(19)20/h6-9,15-16H,2-5H2,1H3,(H,19,20). The molecular weight excluding hydrogens is 326 g/mol. The Morgan fingerprint density at radius 3 is 2.55 bits per heavy atom. The monoisotopic (exact) mass is 343 g/mol. The third-order valence-electron chi connectivity index (χ3n) is 3.59. The molecule has 0 aromatic carbocycles. The van der Waals surface area contributed by atoms with Crippen LogP contribution in [0.25, 0.3) is 0 Å². The average molecular weight is 344 g/mol. The van der Waals surface area contributed by atoms with Gasteiger partial charge in [-0.05, 0) is 41.6 Å². The van der Waals surface area contributed by atoms with Gasteiger partial charge in [0.05, 0.1) is 10.2 Å². The first kappa shape index (κ1) is 14.9. The molecule has 1 aromatic rings. The van der Waals surface area contributed by atoms with Crippen molar-refractivity contribution >= 4 is 27.7 Å². The first-order chi connectivity index (χ1) is 9.45. The maximum Gasteiger partial charge on any atom is 0.404 e. The third-order valence-corrected chi connectivity index (χ3v) is 4.23. The van der Waals surface area contributed by atoms with Crippen LogP contribution in [0, 0.1) is 0 Å². The number of aryl methyl sites for hydroxylation is 1. The van der Waals surface area contributed by atoms with Gasteiger partial charge in [0.15, 0.2) is 0 Å². The van der Waals surface area contributed by atoms with Gasteiger partial charge in [-0.15, -0.1) is 0 Å². The Balaban J connectivity index is 1.94. The van der Waals surface area contributed by atoms with Crippen LogP contribution in [0.4, 0.5) is 10.5 Å². The molecule has 3 N–H and O–H groups in total. The molecule has 1 aliphatic carbocycles. The number of rotatable bonds is 3. The molecule has 1 amide bonds. The smallest absolute Gasteiger partial charge is 0.404 e. The molecule has 1 heterocycles. The lowest BCUT2D eigenvalue weighted by Crippen LogP contribution is -2.39. The van der Waals surface area contributed by atoms with E-state index >= 15 is 0 Å². The fraction of sp³-hybridized carbons (Fsp3) is 0.538. The zero-order chi connectivity index (χ0) is 14.7. The van der Waals surface area contributed by atoms with E-state index in [-0.39, 0.29) is 17.6 Å². The number of nitrogens with zero attached hydrogens (tertiary/aromatic N) is 1. The van der Waals surface area contributed by atoms with Crippen molar-refractivity contribution in [3.63, 3.8) is 0 Å². The molecule has 7 heteroatoms. The average Bonchev–Trinajstić information content (AvgIpc) is 2.37. The maximum atomic E-state index is 11.6. The molecule has 2 rings (SSSR count). The minimum absolute atomic E-state index is 0.0395. The Morgan fingerprint density at radius 1 is 1.35 bits per heavy atom. The summed E-state index contributed by atoms with van der Waals surface area (Å²) in [5.41, 5.74) is 0.736. The molecule has 0 atom stereocenters. The molecular formula is C13H18BrN3O3. The van der Waals surface area contributed by atoms with Gasteiger partial charge in [0.1, 0.15) is 0 Å². The number of carbonyl (C=O) groups is 1. The van der Waals surface area contributed by atoms with Crippen molar-refractivity contribution in [3.05, 3.63) is 27.1 Å². The summed E-state index contributed by atoms with van der Waals surface area (Å²) in [6.07, 6.45) is 4.16. The zero-order valence-electron chi connectivity index (χ0n) is 11.2. The van der Waals surface area contributed by atoms with E-state index in [0.29, 0.717) is 0 Å². The van der Waals surface area contributed by atoms with Crippen LogP contribution < -0.4 is 16.2 Å². The van der Waals surface area contributed by atoms with Crippen molar-refractivity contribution in [1.29, 1.82) is 0 Å². The summed E-state index contributed by atoms with van der Waals surface area (Å²) in [6, 6.07) is 1.88. The molecule has 0 aliphatic heterocycles. The molecule has 0 unspecified atom stereocenters. The van der Waals surface area contributed by atoms with Crippen LogP contribution in [0.5, 0.6) is 0 Å². The van der Waals surface area contributed by atoms with E-state index in [0.717, 1.165) is 35.8 Å². The van der Waals surface area contributed by atoms with E-state index in [1.165, 1.54) is 4.57 Å². The van der Waals surface area contributed by atoms with Crippen LogP contribution in [0.15, 0.2) is 21.5 Å². The van der Waals surface area contributed by atoms with Crippen LogP contribution in [0.3, 0.4) is 0 Å². The minimum Gasteiger partial charge on any atom is -0.465 e. The van der Waals surface area contributed by atoms with Gasteiger partial charge in [-0.1, -0.05) is 0 Å². The third kappa shape index (κ3) is 3.75. The predicted octanol–water partition coefficient (Wildman–Crippen LogP) is 2.14. The van der Waals surface area contributed by atoms with E-state index in [4.69, 9.17) is 5.11 Å². The van der Waals surface area contributed by atoms with Gasteiger partial charge >= 0.3 is 6.09 Å². The molecule has 1 fully saturated rings. The molecule has 110 valence electrons. The Kier molecular flexibility index (Phi) is 4.69. The van der Waals surface area contributed by atoms with Crippen LogP contribution in [-0.2, 0) is 7.05 Å². The molecule has 0 spiro atoms. The van der Waals surface area contributed by atoms with E-state index in [1.54, 1.807) is 19.3 Å². The highest BCUT2D eigenvalue weighted by Crippen LogP contribution is 2.25. The van der Waals surface area contributed by atoms with E-state index < -0.39 is 6.09 Å². The Morgan fingerprint density at radius 2 is 1.95 bits per heavy atom. The van der Waals surface area contributed by atoms with Crippen molar-refractivity contribution in [2.45, 2.75) is 37.8 Å². The summed E-state index contributed by atoms with van der Waals surface area (Å²) >= 11 is 3.44. The van der Waals surface area contributed by atoms with Gasteiger partial charge in [-0.3, -0.25) is 4.79 Å².